The van der Waals surface area contributed by atoms with Gasteiger partial charge in [-0.25, -0.2) is 0 Å². The molecule has 3 heteroatoms. The van der Waals surface area contributed by atoms with Gasteiger partial charge in [0.2, 0.25) is 0 Å². The summed E-state index contributed by atoms with van der Waals surface area (Å²) < 4.78 is 0. The van der Waals surface area contributed by atoms with E-state index in [1.165, 1.54) is 19.3 Å². The monoisotopic (exact) mass is 186 g/mol. The minimum absolute atomic E-state index is 0.0657. The van der Waals surface area contributed by atoms with Crippen LogP contribution in [0.1, 0.15) is 33.1 Å². The van der Waals surface area contributed by atoms with Crippen LogP contribution >= 0.6 is 0 Å². The summed E-state index contributed by atoms with van der Waals surface area (Å²) in [4.78, 5) is 2.39. The fourth-order valence-corrected chi connectivity index (χ4v) is 1.91. The smallest absolute Gasteiger partial charge is 0.0621 e. The Kier molecular flexibility index (Phi) is 3.71. The predicted octanol–water partition coefficient (Wildman–Crippen LogP) is 0.571. The van der Waals surface area contributed by atoms with Crippen molar-refractivity contribution in [2.24, 2.45) is 5.73 Å². The minimum Gasteiger partial charge on any atom is -0.394 e. The summed E-state index contributed by atoms with van der Waals surface area (Å²) in [5, 5.41) is 9.06. The second kappa shape index (κ2) is 4.40. The number of hydrogen-bond acceptors (Lipinski definition) is 3. The SMILES string of the molecule is CC1CCCCN1CC(C)(N)CO. The Morgan fingerprint density at radius 3 is 2.77 bits per heavy atom. The van der Waals surface area contributed by atoms with Gasteiger partial charge >= 0.3 is 0 Å². The molecule has 2 unspecified atom stereocenters. The first-order chi connectivity index (χ1) is 6.05. The van der Waals surface area contributed by atoms with Crippen LogP contribution in [-0.4, -0.2) is 41.3 Å². The van der Waals surface area contributed by atoms with E-state index in [1.54, 1.807) is 0 Å². The summed E-state index contributed by atoms with van der Waals surface area (Å²) in [5.41, 5.74) is 5.48. The maximum Gasteiger partial charge on any atom is 0.0621 e. The molecule has 1 fully saturated rings. The molecule has 0 aromatic heterocycles. The number of piperidine rings is 1. The highest BCUT2D eigenvalue weighted by atomic mass is 16.3. The lowest BCUT2D eigenvalue weighted by molar-refractivity contribution is 0.0993. The second-order valence-corrected chi connectivity index (χ2v) is 4.63. The Morgan fingerprint density at radius 1 is 1.54 bits per heavy atom. The van der Waals surface area contributed by atoms with E-state index < -0.39 is 5.54 Å². The van der Waals surface area contributed by atoms with Gasteiger partial charge in [-0.05, 0) is 33.2 Å². The molecule has 1 rings (SSSR count). The Balaban J connectivity index is 2.42. The highest BCUT2D eigenvalue weighted by Gasteiger charge is 2.25. The van der Waals surface area contributed by atoms with Gasteiger partial charge in [0.15, 0.2) is 0 Å². The molecule has 0 aliphatic carbocycles. The highest BCUT2D eigenvalue weighted by Crippen LogP contribution is 2.18. The molecule has 1 heterocycles. The maximum absolute atomic E-state index is 9.06. The number of nitrogens with two attached hydrogens (primary N) is 1. The van der Waals surface area contributed by atoms with Crippen LogP contribution in [0.3, 0.4) is 0 Å². The van der Waals surface area contributed by atoms with Crippen LogP contribution in [0, 0.1) is 0 Å². The fourth-order valence-electron chi connectivity index (χ4n) is 1.91. The molecule has 0 saturated carbocycles. The average Bonchev–Trinajstić information content (AvgIpc) is 2.09. The van der Waals surface area contributed by atoms with Crippen LogP contribution in [0.4, 0.5) is 0 Å². The van der Waals surface area contributed by atoms with Crippen molar-refractivity contribution < 1.29 is 5.11 Å². The van der Waals surface area contributed by atoms with Gasteiger partial charge in [0.1, 0.15) is 0 Å². The summed E-state index contributed by atoms with van der Waals surface area (Å²) in [6, 6.07) is 0.628. The van der Waals surface area contributed by atoms with Crippen LogP contribution in [0.15, 0.2) is 0 Å². The van der Waals surface area contributed by atoms with Gasteiger partial charge in [0.25, 0.3) is 0 Å². The zero-order chi connectivity index (χ0) is 9.90. The zero-order valence-corrected chi connectivity index (χ0v) is 8.79. The van der Waals surface area contributed by atoms with Gasteiger partial charge in [-0.1, -0.05) is 6.42 Å². The van der Waals surface area contributed by atoms with E-state index in [-0.39, 0.29) is 6.61 Å². The Bertz CT molecular complexity index is 159. The van der Waals surface area contributed by atoms with E-state index in [9.17, 15) is 0 Å². The first-order valence-electron chi connectivity index (χ1n) is 5.19. The molecule has 3 N–H and O–H groups in total. The molecular formula is C10H22N2O. The molecule has 1 saturated heterocycles. The standard InChI is InChI=1S/C10H22N2O/c1-9-5-3-4-6-12(9)7-10(2,11)8-13/h9,13H,3-8,11H2,1-2H3. The van der Waals surface area contributed by atoms with Crippen molar-refractivity contribution in [2.75, 3.05) is 19.7 Å². The summed E-state index contributed by atoms with van der Waals surface area (Å²) >= 11 is 0. The number of aliphatic hydroxyl groups excluding tert-OH is 1. The third-order valence-electron chi connectivity index (χ3n) is 2.87. The molecule has 0 radical (unpaired) electrons. The van der Waals surface area contributed by atoms with Gasteiger partial charge in [-0.15, -0.1) is 0 Å². The summed E-state index contributed by atoms with van der Waals surface area (Å²) in [6.45, 7) is 6.16. The van der Waals surface area contributed by atoms with E-state index in [1.807, 2.05) is 6.92 Å². The van der Waals surface area contributed by atoms with Crippen LogP contribution in [-0.2, 0) is 0 Å². The number of rotatable bonds is 3. The Hall–Kier alpha value is -0.120. The van der Waals surface area contributed by atoms with Gasteiger partial charge in [-0.3, -0.25) is 4.90 Å². The van der Waals surface area contributed by atoms with E-state index in [0.29, 0.717) is 6.04 Å². The lowest BCUT2D eigenvalue weighted by atomic mass is 9.98. The minimum atomic E-state index is -0.439. The molecule has 3 nitrogen and oxygen atoms in total. The van der Waals surface area contributed by atoms with E-state index in [2.05, 4.69) is 11.8 Å². The molecule has 0 aromatic carbocycles. The van der Waals surface area contributed by atoms with E-state index in [0.717, 1.165) is 13.1 Å². The Labute approximate surface area is 80.9 Å². The number of nitrogens with zero attached hydrogens (tertiary/aromatic N) is 1. The van der Waals surface area contributed by atoms with Crippen molar-refractivity contribution in [2.45, 2.75) is 44.7 Å². The third kappa shape index (κ3) is 3.25. The number of likely N-dealkylation sites (tertiary alicyclic amines) is 1. The summed E-state index contributed by atoms with van der Waals surface area (Å²) in [7, 11) is 0. The van der Waals surface area contributed by atoms with Gasteiger partial charge in [-0.2, -0.15) is 0 Å². The Morgan fingerprint density at radius 2 is 2.23 bits per heavy atom. The van der Waals surface area contributed by atoms with Crippen LogP contribution in [0.5, 0.6) is 0 Å². The first kappa shape index (κ1) is 11.0. The number of aliphatic hydroxyl groups is 1. The maximum atomic E-state index is 9.06. The predicted molar refractivity (Wildman–Crippen MR) is 54.6 cm³/mol. The van der Waals surface area contributed by atoms with Crippen LogP contribution in [0.2, 0.25) is 0 Å². The number of hydrogen-bond donors (Lipinski definition) is 2. The summed E-state index contributed by atoms with van der Waals surface area (Å²) in [5.74, 6) is 0. The molecular weight excluding hydrogens is 164 g/mol. The molecule has 0 spiro atoms. The first-order valence-corrected chi connectivity index (χ1v) is 5.19. The molecule has 1 aliphatic rings. The van der Waals surface area contributed by atoms with Crippen molar-refractivity contribution in [3.05, 3.63) is 0 Å². The van der Waals surface area contributed by atoms with Crippen LogP contribution < -0.4 is 5.73 Å². The molecule has 78 valence electrons. The van der Waals surface area contributed by atoms with E-state index in [4.69, 9.17) is 10.8 Å². The van der Waals surface area contributed by atoms with Crippen molar-refractivity contribution in [1.29, 1.82) is 0 Å². The second-order valence-electron chi connectivity index (χ2n) is 4.63. The molecule has 2 atom stereocenters. The lowest BCUT2D eigenvalue weighted by Crippen LogP contribution is -2.53. The zero-order valence-electron chi connectivity index (χ0n) is 8.79. The summed E-state index contributed by atoms with van der Waals surface area (Å²) in [6.07, 6.45) is 3.87. The van der Waals surface area contributed by atoms with Gasteiger partial charge in [0, 0.05) is 18.1 Å². The lowest BCUT2D eigenvalue weighted by Gasteiger charge is -2.38. The van der Waals surface area contributed by atoms with Crippen molar-refractivity contribution >= 4 is 0 Å². The highest BCUT2D eigenvalue weighted by molar-refractivity contribution is 4.85. The van der Waals surface area contributed by atoms with Crippen LogP contribution in [0.25, 0.3) is 0 Å². The van der Waals surface area contributed by atoms with Gasteiger partial charge in [0.05, 0.1) is 6.61 Å². The molecule has 0 aromatic rings. The van der Waals surface area contributed by atoms with E-state index >= 15 is 0 Å². The normalized spacial score (nSPS) is 30.0. The molecule has 1 aliphatic heterocycles. The molecule has 0 bridgehead atoms. The van der Waals surface area contributed by atoms with Crippen molar-refractivity contribution in [3.8, 4) is 0 Å². The van der Waals surface area contributed by atoms with Gasteiger partial charge < -0.3 is 10.8 Å². The molecule has 0 amide bonds. The average molecular weight is 186 g/mol. The quantitative estimate of drug-likeness (QED) is 0.677. The fraction of sp³-hybridized carbons (Fsp3) is 1.00. The largest absolute Gasteiger partial charge is 0.394 e. The topological polar surface area (TPSA) is 49.5 Å². The van der Waals surface area contributed by atoms with Crippen molar-refractivity contribution in [3.63, 3.8) is 0 Å². The van der Waals surface area contributed by atoms with Crippen molar-refractivity contribution in [1.82, 2.24) is 4.90 Å². The third-order valence-corrected chi connectivity index (χ3v) is 2.87. The molecule has 13 heavy (non-hydrogen) atoms.